The molecule has 5 nitrogen and oxygen atoms in total. The molecule has 21 heavy (non-hydrogen) atoms. The number of rotatable bonds is 4. The summed E-state index contributed by atoms with van der Waals surface area (Å²) in [6.07, 6.45) is 0. The Morgan fingerprint density at radius 3 is 2.67 bits per heavy atom. The van der Waals surface area contributed by atoms with E-state index in [0.717, 1.165) is 22.2 Å². The smallest absolute Gasteiger partial charge is 0.347 e. The SMILES string of the molecule is COc1ccc(CNc2nc(=O)[nH]c3ccccc23)cc1. The lowest BCUT2D eigenvalue weighted by molar-refractivity contribution is 0.414. The highest BCUT2D eigenvalue weighted by Crippen LogP contribution is 2.18. The molecule has 0 saturated carbocycles. The van der Waals surface area contributed by atoms with Crippen LogP contribution in [0.2, 0.25) is 0 Å². The normalized spacial score (nSPS) is 10.5. The zero-order valence-electron chi connectivity index (χ0n) is 11.6. The molecule has 3 rings (SSSR count). The summed E-state index contributed by atoms with van der Waals surface area (Å²) in [5.41, 5.74) is 1.50. The first-order chi connectivity index (χ1) is 10.3. The van der Waals surface area contributed by atoms with Crippen LogP contribution >= 0.6 is 0 Å². The van der Waals surface area contributed by atoms with Gasteiger partial charge >= 0.3 is 5.69 Å². The van der Waals surface area contributed by atoms with Gasteiger partial charge in [-0.25, -0.2) is 4.79 Å². The van der Waals surface area contributed by atoms with E-state index in [1.54, 1.807) is 7.11 Å². The number of ether oxygens (including phenoxy) is 1. The lowest BCUT2D eigenvalue weighted by Crippen LogP contribution is -2.14. The van der Waals surface area contributed by atoms with Crippen LogP contribution in [0.4, 0.5) is 5.82 Å². The molecule has 1 heterocycles. The van der Waals surface area contributed by atoms with E-state index >= 15 is 0 Å². The minimum atomic E-state index is -0.356. The van der Waals surface area contributed by atoms with Crippen LogP contribution in [0.3, 0.4) is 0 Å². The van der Waals surface area contributed by atoms with Gasteiger partial charge in [-0.05, 0) is 29.8 Å². The molecule has 0 saturated heterocycles. The average molecular weight is 281 g/mol. The summed E-state index contributed by atoms with van der Waals surface area (Å²) in [4.78, 5) is 18.3. The number of hydrogen-bond donors (Lipinski definition) is 2. The summed E-state index contributed by atoms with van der Waals surface area (Å²) >= 11 is 0. The fourth-order valence-corrected chi connectivity index (χ4v) is 2.17. The van der Waals surface area contributed by atoms with Crippen LogP contribution in [-0.4, -0.2) is 17.1 Å². The quantitative estimate of drug-likeness (QED) is 0.771. The molecule has 106 valence electrons. The van der Waals surface area contributed by atoms with Gasteiger partial charge in [0.2, 0.25) is 0 Å². The van der Waals surface area contributed by atoms with Crippen molar-refractivity contribution >= 4 is 16.7 Å². The highest BCUT2D eigenvalue weighted by atomic mass is 16.5. The van der Waals surface area contributed by atoms with Crippen molar-refractivity contribution in [3.63, 3.8) is 0 Å². The van der Waals surface area contributed by atoms with E-state index in [2.05, 4.69) is 15.3 Å². The molecule has 1 aromatic heterocycles. The van der Waals surface area contributed by atoms with Crippen LogP contribution in [0.5, 0.6) is 5.75 Å². The van der Waals surface area contributed by atoms with Crippen LogP contribution in [0, 0.1) is 0 Å². The number of nitrogens with one attached hydrogen (secondary N) is 2. The second-order valence-corrected chi connectivity index (χ2v) is 4.64. The maximum Gasteiger partial charge on any atom is 0.347 e. The molecule has 5 heteroatoms. The third kappa shape index (κ3) is 2.86. The van der Waals surface area contributed by atoms with Crippen LogP contribution in [0.1, 0.15) is 5.56 Å². The maximum absolute atomic E-state index is 11.6. The summed E-state index contributed by atoms with van der Waals surface area (Å²) in [6, 6.07) is 15.3. The van der Waals surface area contributed by atoms with Gasteiger partial charge in [0.05, 0.1) is 12.6 Å². The molecule has 0 spiro atoms. The Kier molecular flexibility index (Phi) is 3.55. The molecule has 0 bridgehead atoms. The third-order valence-electron chi connectivity index (χ3n) is 3.26. The highest BCUT2D eigenvalue weighted by Gasteiger charge is 2.04. The first-order valence-corrected chi connectivity index (χ1v) is 6.62. The van der Waals surface area contributed by atoms with Crippen LogP contribution in [0.15, 0.2) is 53.3 Å². The second-order valence-electron chi connectivity index (χ2n) is 4.64. The molecular formula is C16H15N3O2. The number of H-pyrrole nitrogens is 1. The molecule has 0 atom stereocenters. The van der Waals surface area contributed by atoms with Crippen molar-refractivity contribution in [2.45, 2.75) is 6.54 Å². The number of aromatic nitrogens is 2. The third-order valence-corrected chi connectivity index (χ3v) is 3.26. The van der Waals surface area contributed by atoms with E-state index in [0.29, 0.717) is 12.4 Å². The number of anilines is 1. The van der Waals surface area contributed by atoms with Crippen molar-refractivity contribution in [1.82, 2.24) is 9.97 Å². The Balaban J connectivity index is 1.85. The van der Waals surface area contributed by atoms with Crippen molar-refractivity contribution in [2.24, 2.45) is 0 Å². The predicted octanol–water partition coefficient (Wildman–Crippen LogP) is 2.54. The van der Waals surface area contributed by atoms with E-state index < -0.39 is 0 Å². The van der Waals surface area contributed by atoms with E-state index in [-0.39, 0.29) is 5.69 Å². The Labute approximate surface area is 121 Å². The first-order valence-electron chi connectivity index (χ1n) is 6.62. The van der Waals surface area contributed by atoms with Gasteiger partial charge in [0.25, 0.3) is 0 Å². The fourth-order valence-electron chi connectivity index (χ4n) is 2.17. The number of fused-ring (bicyclic) bond motifs is 1. The molecular weight excluding hydrogens is 266 g/mol. The van der Waals surface area contributed by atoms with Gasteiger partial charge < -0.3 is 15.0 Å². The molecule has 0 aliphatic carbocycles. The van der Waals surface area contributed by atoms with Gasteiger partial charge in [-0.2, -0.15) is 4.98 Å². The summed E-state index contributed by atoms with van der Waals surface area (Å²) < 4.78 is 5.13. The van der Waals surface area contributed by atoms with E-state index in [1.165, 1.54) is 0 Å². The first kappa shape index (κ1) is 13.2. The minimum absolute atomic E-state index is 0.356. The monoisotopic (exact) mass is 281 g/mol. The van der Waals surface area contributed by atoms with Crippen molar-refractivity contribution in [2.75, 3.05) is 12.4 Å². The molecule has 3 aromatic rings. The van der Waals surface area contributed by atoms with Gasteiger partial charge in [-0.1, -0.05) is 24.3 Å². The zero-order valence-corrected chi connectivity index (χ0v) is 11.6. The van der Waals surface area contributed by atoms with E-state index in [1.807, 2.05) is 48.5 Å². The molecule has 0 fully saturated rings. The van der Waals surface area contributed by atoms with Crippen molar-refractivity contribution < 1.29 is 4.74 Å². The molecule has 0 unspecified atom stereocenters. The number of nitrogens with zero attached hydrogens (tertiary/aromatic N) is 1. The van der Waals surface area contributed by atoms with Gasteiger partial charge in [0, 0.05) is 11.9 Å². The average Bonchev–Trinajstić information content (AvgIpc) is 2.53. The molecule has 0 amide bonds. The lowest BCUT2D eigenvalue weighted by atomic mass is 10.2. The van der Waals surface area contributed by atoms with Gasteiger partial charge in [-0.3, -0.25) is 0 Å². The highest BCUT2D eigenvalue weighted by molar-refractivity contribution is 5.88. The van der Waals surface area contributed by atoms with Crippen LogP contribution in [0.25, 0.3) is 10.9 Å². The summed E-state index contributed by atoms with van der Waals surface area (Å²) in [5, 5.41) is 4.10. The Bertz CT molecular complexity index is 810. The number of hydrogen-bond acceptors (Lipinski definition) is 4. The Hall–Kier alpha value is -2.82. The maximum atomic E-state index is 11.6. The summed E-state index contributed by atoms with van der Waals surface area (Å²) in [5.74, 6) is 1.41. The summed E-state index contributed by atoms with van der Waals surface area (Å²) in [7, 11) is 1.64. The minimum Gasteiger partial charge on any atom is -0.497 e. The lowest BCUT2D eigenvalue weighted by Gasteiger charge is -2.08. The van der Waals surface area contributed by atoms with Crippen molar-refractivity contribution in [1.29, 1.82) is 0 Å². The largest absolute Gasteiger partial charge is 0.497 e. The fraction of sp³-hybridized carbons (Fsp3) is 0.125. The predicted molar refractivity (Wildman–Crippen MR) is 82.7 cm³/mol. The second kappa shape index (κ2) is 5.66. The van der Waals surface area contributed by atoms with E-state index in [4.69, 9.17) is 4.74 Å². The van der Waals surface area contributed by atoms with Gasteiger partial charge in [-0.15, -0.1) is 0 Å². The molecule has 2 aromatic carbocycles. The molecule has 0 radical (unpaired) electrons. The zero-order chi connectivity index (χ0) is 14.7. The Morgan fingerprint density at radius 2 is 1.90 bits per heavy atom. The molecule has 0 aliphatic rings. The van der Waals surface area contributed by atoms with Crippen molar-refractivity contribution in [3.05, 3.63) is 64.6 Å². The van der Waals surface area contributed by atoms with E-state index in [9.17, 15) is 4.79 Å². The molecule has 0 aliphatic heterocycles. The number of para-hydroxylation sites is 1. The molecule has 2 N–H and O–H groups in total. The standard InChI is InChI=1S/C16H15N3O2/c1-21-12-8-6-11(7-9-12)10-17-15-13-4-2-3-5-14(13)18-16(20)19-15/h2-9H,10H2,1H3,(H2,17,18,19,20). The number of benzene rings is 2. The number of methoxy groups -OCH3 is 1. The Morgan fingerprint density at radius 1 is 1.14 bits per heavy atom. The van der Waals surface area contributed by atoms with Crippen LogP contribution in [-0.2, 0) is 6.54 Å². The topological polar surface area (TPSA) is 67.0 Å². The summed E-state index contributed by atoms with van der Waals surface area (Å²) in [6.45, 7) is 0.588. The van der Waals surface area contributed by atoms with Gasteiger partial charge in [0.15, 0.2) is 0 Å². The van der Waals surface area contributed by atoms with Crippen LogP contribution < -0.4 is 15.7 Å². The van der Waals surface area contributed by atoms with Gasteiger partial charge in [0.1, 0.15) is 11.6 Å². The number of aromatic amines is 1. The van der Waals surface area contributed by atoms with Crippen molar-refractivity contribution in [3.8, 4) is 5.75 Å².